The van der Waals surface area contributed by atoms with Gasteiger partial charge in [0.1, 0.15) is 0 Å². The highest BCUT2D eigenvalue weighted by Gasteiger charge is 2.49. The van der Waals surface area contributed by atoms with Crippen LogP contribution < -0.4 is 20.6 Å². The van der Waals surface area contributed by atoms with Gasteiger partial charge in [-0.05, 0) is 125 Å². The summed E-state index contributed by atoms with van der Waals surface area (Å²) in [5.41, 5.74) is 16.1. The van der Waals surface area contributed by atoms with Gasteiger partial charge in [0.15, 0.2) is 0 Å². The van der Waals surface area contributed by atoms with E-state index in [1.54, 1.807) is 5.56 Å². The maximum Gasteiger partial charge on any atom is 0.259 e. The number of rotatable bonds is 1. The van der Waals surface area contributed by atoms with Crippen LogP contribution in [-0.2, 0) is 27.1 Å². The Balaban J connectivity index is 1.47. The van der Waals surface area contributed by atoms with Crippen LogP contribution in [0.3, 0.4) is 0 Å². The number of benzene rings is 4. The first kappa shape index (κ1) is 31.9. The second-order valence-electron chi connectivity index (χ2n) is 19.0. The van der Waals surface area contributed by atoms with Crippen molar-refractivity contribution in [1.82, 2.24) is 0 Å². The van der Waals surface area contributed by atoms with Gasteiger partial charge in [-0.25, -0.2) is 0 Å². The van der Waals surface area contributed by atoms with Crippen molar-refractivity contribution in [2.75, 3.05) is 4.90 Å². The molecule has 0 amide bonds. The van der Waals surface area contributed by atoms with Crippen LogP contribution in [-0.4, -0.2) is 6.71 Å². The third kappa shape index (κ3) is 4.48. The van der Waals surface area contributed by atoms with E-state index in [-0.39, 0.29) is 33.8 Å². The topological polar surface area (TPSA) is 3.24 Å². The molecule has 3 aliphatic rings. The summed E-state index contributed by atoms with van der Waals surface area (Å²) in [7, 11) is 0. The normalized spacial score (nSPS) is 18.7. The fourth-order valence-electron chi connectivity index (χ4n) is 9.15. The fourth-order valence-corrected chi connectivity index (χ4v) is 10.6. The quantitative estimate of drug-likeness (QED) is 0.160. The van der Waals surface area contributed by atoms with Crippen molar-refractivity contribution in [3.8, 4) is 0 Å². The van der Waals surface area contributed by atoms with Gasteiger partial charge in [-0.1, -0.05) is 119 Å². The predicted octanol–water partition coefficient (Wildman–Crippen LogP) is 10.8. The summed E-state index contributed by atoms with van der Waals surface area (Å²) < 4.78 is 2.95. The second kappa shape index (κ2) is 9.90. The standard InChI is InChI=1S/C45H52BNS/c1-41(2,3)27-16-19-29(20-17-27)47-35-15-13-14-31-39(35)46(34-25-32-33(26-36(34)47)44(9,10)23-22-43(32,7)8)40-38(45(31,11)12)30-24-28(42(4,5)6)18-21-37(30)48-40/h13-21,24-26H,22-23H2,1-12H3. The minimum Gasteiger partial charge on any atom is -0.312 e. The molecule has 1 aromatic heterocycles. The lowest BCUT2D eigenvalue weighted by molar-refractivity contribution is 0.332. The maximum atomic E-state index is 2.67. The summed E-state index contributed by atoms with van der Waals surface area (Å²) >= 11 is 2.04. The van der Waals surface area contributed by atoms with Crippen LogP contribution in [0, 0.1) is 0 Å². The number of hydrogen-bond donors (Lipinski definition) is 0. The molecule has 3 heteroatoms. The smallest absolute Gasteiger partial charge is 0.259 e. The Morgan fingerprint density at radius 1 is 0.646 bits per heavy atom. The van der Waals surface area contributed by atoms with Crippen molar-refractivity contribution in [3.63, 3.8) is 0 Å². The molecule has 0 spiro atoms. The number of nitrogens with zero attached hydrogens (tertiary/aromatic N) is 1. The number of hydrogen-bond acceptors (Lipinski definition) is 2. The molecule has 2 aliphatic heterocycles. The van der Waals surface area contributed by atoms with E-state index < -0.39 is 0 Å². The maximum absolute atomic E-state index is 2.67. The lowest BCUT2D eigenvalue weighted by atomic mass is 9.32. The van der Waals surface area contributed by atoms with Gasteiger partial charge in [0, 0.05) is 27.2 Å². The fraction of sp³-hybridized carbons (Fsp3) is 0.422. The summed E-state index contributed by atoms with van der Waals surface area (Å²) in [4.78, 5) is 2.61. The van der Waals surface area contributed by atoms with Gasteiger partial charge in [0.25, 0.3) is 6.71 Å². The van der Waals surface area contributed by atoms with Crippen LogP contribution >= 0.6 is 11.3 Å². The van der Waals surface area contributed by atoms with Gasteiger partial charge in [-0.3, -0.25) is 0 Å². The zero-order valence-electron chi connectivity index (χ0n) is 31.3. The monoisotopic (exact) mass is 649 g/mol. The van der Waals surface area contributed by atoms with Gasteiger partial charge < -0.3 is 4.90 Å². The van der Waals surface area contributed by atoms with Crippen molar-refractivity contribution in [1.29, 1.82) is 0 Å². The number of thiophene rings is 1. The van der Waals surface area contributed by atoms with E-state index in [4.69, 9.17) is 0 Å². The molecule has 4 aromatic carbocycles. The molecule has 0 atom stereocenters. The van der Waals surface area contributed by atoms with E-state index in [1.165, 1.54) is 83.5 Å². The molecule has 0 bridgehead atoms. The second-order valence-corrected chi connectivity index (χ2v) is 20.0. The third-order valence-corrected chi connectivity index (χ3v) is 13.5. The largest absolute Gasteiger partial charge is 0.312 e. The summed E-state index contributed by atoms with van der Waals surface area (Å²) in [5, 5.41) is 1.45. The SMILES string of the molecule is CC(C)(C)c1ccc(N2c3cc4c(cc3B3c5sc6ccc(C(C)(C)C)cc6c5C(C)(C)c5cccc2c53)C(C)(C)CCC4(C)C)cc1. The molecule has 0 N–H and O–H groups in total. The van der Waals surface area contributed by atoms with Crippen LogP contribution in [0.5, 0.6) is 0 Å². The molecule has 0 saturated heterocycles. The molecule has 5 aromatic rings. The molecule has 1 nitrogen and oxygen atoms in total. The Morgan fingerprint density at radius 2 is 1.25 bits per heavy atom. The lowest BCUT2D eigenvalue weighted by Gasteiger charge is -2.47. The van der Waals surface area contributed by atoms with Gasteiger partial charge >= 0.3 is 0 Å². The Labute approximate surface area is 293 Å². The van der Waals surface area contributed by atoms with Gasteiger partial charge in [-0.2, -0.15) is 0 Å². The molecule has 0 radical (unpaired) electrons. The van der Waals surface area contributed by atoms with Crippen molar-refractivity contribution >= 4 is 60.9 Å². The Kier molecular flexibility index (Phi) is 6.59. The minimum absolute atomic E-state index is 0.102. The molecular formula is C45H52BNS. The van der Waals surface area contributed by atoms with Crippen LogP contribution in [0.25, 0.3) is 10.1 Å². The predicted molar refractivity (Wildman–Crippen MR) is 212 cm³/mol. The number of anilines is 3. The first-order valence-electron chi connectivity index (χ1n) is 18.1. The summed E-state index contributed by atoms with van der Waals surface area (Å²) in [6, 6.07) is 29.2. The molecule has 246 valence electrons. The molecule has 0 unspecified atom stereocenters. The zero-order chi connectivity index (χ0) is 34.3. The molecule has 0 fully saturated rings. The minimum atomic E-state index is -0.124. The highest BCUT2D eigenvalue weighted by Crippen LogP contribution is 2.51. The molecule has 0 saturated carbocycles. The van der Waals surface area contributed by atoms with Crippen LogP contribution in [0.4, 0.5) is 17.1 Å². The first-order valence-corrected chi connectivity index (χ1v) is 18.9. The molecule has 3 heterocycles. The Morgan fingerprint density at radius 3 is 1.88 bits per heavy atom. The van der Waals surface area contributed by atoms with Crippen LogP contribution in [0.2, 0.25) is 0 Å². The van der Waals surface area contributed by atoms with Crippen molar-refractivity contribution in [2.24, 2.45) is 0 Å². The van der Waals surface area contributed by atoms with Crippen molar-refractivity contribution in [3.05, 3.63) is 106 Å². The average molecular weight is 650 g/mol. The zero-order valence-corrected chi connectivity index (χ0v) is 32.1. The average Bonchev–Trinajstić information content (AvgIpc) is 3.40. The van der Waals surface area contributed by atoms with E-state index in [2.05, 4.69) is 161 Å². The van der Waals surface area contributed by atoms with Crippen molar-refractivity contribution in [2.45, 2.75) is 123 Å². The summed E-state index contributed by atoms with van der Waals surface area (Å²) in [6.45, 7) is 29.0. The van der Waals surface area contributed by atoms with E-state index in [1.807, 2.05) is 11.3 Å². The van der Waals surface area contributed by atoms with Crippen LogP contribution in [0.15, 0.2) is 72.8 Å². The molecule has 8 rings (SSSR count). The molecule has 1 aliphatic carbocycles. The summed E-state index contributed by atoms with van der Waals surface area (Å²) in [6.07, 6.45) is 2.42. The van der Waals surface area contributed by atoms with Gasteiger partial charge in [-0.15, -0.1) is 11.3 Å². The Hall–Kier alpha value is -3.30. The van der Waals surface area contributed by atoms with Crippen molar-refractivity contribution < 1.29 is 0 Å². The van der Waals surface area contributed by atoms with E-state index in [9.17, 15) is 0 Å². The highest BCUT2D eigenvalue weighted by atomic mass is 32.1. The Bertz CT molecular complexity index is 2130. The van der Waals surface area contributed by atoms with Crippen LogP contribution in [0.1, 0.15) is 129 Å². The first-order chi connectivity index (χ1) is 22.3. The molecule has 48 heavy (non-hydrogen) atoms. The van der Waals surface area contributed by atoms with E-state index in [0.717, 1.165) is 0 Å². The van der Waals surface area contributed by atoms with Gasteiger partial charge in [0.05, 0.1) is 0 Å². The lowest BCUT2D eigenvalue weighted by Crippen LogP contribution is -2.63. The highest BCUT2D eigenvalue weighted by molar-refractivity contribution is 7.32. The molecular weight excluding hydrogens is 597 g/mol. The number of fused-ring (bicyclic) bond motifs is 7. The van der Waals surface area contributed by atoms with E-state index >= 15 is 0 Å². The third-order valence-electron chi connectivity index (χ3n) is 12.3. The van der Waals surface area contributed by atoms with E-state index in [0.29, 0.717) is 0 Å². The van der Waals surface area contributed by atoms with Gasteiger partial charge in [0.2, 0.25) is 0 Å². The summed E-state index contributed by atoms with van der Waals surface area (Å²) in [5.74, 6) is 0.